The minimum Gasteiger partial charge on any atom is -0.295 e. The number of hydrogen-bond acceptors (Lipinski definition) is 2. The first kappa shape index (κ1) is 17.9. The normalized spacial score (nSPS) is 15.9. The molecule has 0 radical (unpaired) electrons. The van der Waals surface area contributed by atoms with Gasteiger partial charge in [-0.3, -0.25) is 10.2 Å². The molecule has 0 spiro atoms. The second-order valence-corrected chi connectivity index (χ2v) is 6.68. The summed E-state index contributed by atoms with van der Waals surface area (Å²) < 4.78 is 28.7. The molecular weight excluding hydrogens is 358 g/mol. The van der Waals surface area contributed by atoms with Crippen molar-refractivity contribution in [2.24, 2.45) is 0 Å². The zero-order valence-electron chi connectivity index (χ0n) is 15.2. The summed E-state index contributed by atoms with van der Waals surface area (Å²) in [4.78, 5) is 13.1. The Labute approximate surface area is 161 Å². The number of hydrazine groups is 1. The fourth-order valence-electron chi connectivity index (χ4n) is 3.25. The minimum atomic E-state index is -0.704. The average Bonchev–Trinajstić information content (AvgIpc) is 3.14. The highest BCUT2D eigenvalue weighted by Gasteiger charge is 2.33. The highest BCUT2D eigenvalue weighted by atomic mass is 19.1. The molecule has 3 nitrogen and oxygen atoms in total. The lowest BCUT2D eigenvalue weighted by Crippen LogP contribution is -2.40. The van der Waals surface area contributed by atoms with E-state index >= 15 is 0 Å². The van der Waals surface area contributed by atoms with E-state index in [1.165, 1.54) is 29.3 Å². The predicted molar refractivity (Wildman–Crippen MR) is 104 cm³/mol. The smallest absolute Gasteiger partial charge is 0.276 e. The van der Waals surface area contributed by atoms with Crippen LogP contribution < -0.4 is 5.43 Å². The van der Waals surface area contributed by atoms with Gasteiger partial charge in [-0.15, -0.1) is 0 Å². The van der Waals surface area contributed by atoms with Crippen molar-refractivity contribution in [3.8, 4) is 0 Å². The molecule has 1 N–H and O–H groups in total. The molecule has 0 saturated heterocycles. The highest BCUT2D eigenvalue weighted by Crippen LogP contribution is 2.33. The Balaban J connectivity index is 1.77. The quantitative estimate of drug-likeness (QED) is 0.696. The summed E-state index contributed by atoms with van der Waals surface area (Å²) in [6, 6.07) is 19.1. The lowest BCUT2D eigenvalue weighted by Gasteiger charge is -2.26. The van der Waals surface area contributed by atoms with Crippen molar-refractivity contribution in [2.75, 3.05) is 0 Å². The Kier molecular flexibility index (Phi) is 4.65. The Bertz CT molecular complexity index is 1060. The van der Waals surface area contributed by atoms with Gasteiger partial charge in [0.25, 0.3) is 5.91 Å². The number of benzene rings is 3. The van der Waals surface area contributed by atoms with Crippen LogP contribution in [0.1, 0.15) is 33.1 Å². The number of halogens is 2. The standard InChI is InChI=1S/C23H18F2N2O/c1-15-10-12-16(13-11-15)21-14-22(17-6-2-4-8-19(17)24)27(26-21)23(28)18-7-3-5-9-20(18)25/h2-14,22,26H,1H3. The van der Waals surface area contributed by atoms with Crippen molar-refractivity contribution in [1.29, 1.82) is 0 Å². The molecule has 1 heterocycles. The molecular formula is C23H18F2N2O. The Morgan fingerprint density at radius 3 is 2.21 bits per heavy atom. The molecule has 1 aliphatic rings. The van der Waals surface area contributed by atoms with E-state index in [9.17, 15) is 13.6 Å². The van der Waals surface area contributed by atoms with Gasteiger partial charge in [0.1, 0.15) is 17.7 Å². The molecule has 0 fully saturated rings. The van der Waals surface area contributed by atoms with E-state index in [2.05, 4.69) is 5.43 Å². The summed E-state index contributed by atoms with van der Waals surface area (Å²) in [5, 5.41) is 1.27. The third-order valence-electron chi connectivity index (χ3n) is 4.75. The van der Waals surface area contributed by atoms with E-state index < -0.39 is 23.6 Å². The molecule has 140 valence electrons. The van der Waals surface area contributed by atoms with Gasteiger partial charge in [-0.1, -0.05) is 60.2 Å². The van der Waals surface area contributed by atoms with Gasteiger partial charge in [-0.25, -0.2) is 13.8 Å². The molecule has 1 amide bonds. The number of carbonyl (C=O) groups excluding carboxylic acids is 1. The number of aryl methyl sites for hydroxylation is 1. The average molecular weight is 376 g/mol. The Hall–Kier alpha value is -3.47. The van der Waals surface area contributed by atoms with Crippen LogP contribution >= 0.6 is 0 Å². The summed E-state index contributed by atoms with van der Waals surface area (Å²) >= 11 is 0. The third-order valence-corrected chi connectivity index (χ3v) is 4.75. The fraction of sp³-hybridized carbons (Fsp3) is 0.0870. The van der Waals surface area contributed by atoms with E-state index in [0.29, 0.717) is 11.3 Å². The van der Waals surface area contributed by atoms with Crippen LogP contribution in [0.5, 0.6) is 0 Å². The topological polar surface area (TPSA) is 32.3 Å². The Morgan fingerprint density at radius 2 is 1.54 bits per heavy atom. The van der Waals surface area contributed by atoms with Gasteiger partial charge in [0, 0.05) is 5.56 Å². The molecule has 4 rings (SSSR count). The molecule has 1 aliphatic heterocycles. The molecule has 1 atom stereocenters. The van der Waals surface area contributed by atoms with Crippen LogP contribution in [0.15, 0.2) is 78.9 Å². The summed E-state index contributed by atoms with van der Waals surface area (Å²) in [6.07, 6.45) is 1.78. The van der Waals surface area contributed by atoms with E-state index in [0.717, 1.165) is 11.1 Å². The zero-order chi connectivity index (χ0) is 19.7. The van der Waals surface area contributed by atoms with E-state index in [-0.39, 0.29) is 5.56 Å². The molecule has 3 aromatic rings. The number of nitrogens with one attached hydrogen (secondary N) is 1. The molecule has 0 saturated carbocycles. The maximum Gasteiger partial charge on any atom is 0.276 e. The van der Waals surface area contributed by atoms with Gasteiger partial charge in [-0.05, 0) is 36.8 Å². The third kappa shape index (κ3) is 3.27. The van der Waals surface area contributed by atoms with Crippen LogP contribution in [0.4, 0.5) is 8.78 Å². The molecule has 0 bridgehead atoms. The largest absolute Gasteiger partial charge is 0.295 e. The number of hydrogen-bond donors (Lipinski definition) is 1. The van der Waals surface area contributed by atoms with Gasteiger partial charge < -0.3 is 0 Å². The number of rotatable bonds is 3. The van der Waals surface area contributed by atoms with Crippen LogP contribution in [0, 0.1) is 18.6 Å². The summed E-state index contributed by atoms with van der Waals surface area (Å²) in [6.45, 7) is 1.98. The first-order valence-electron chi connectivity index (χ1n) is 8.92. The first-order valence-corrected chi connectivity index (χ1v) is 8.92. The highest BCUT2D eigenvalue weighted by molar-refractivity contribution is 5.96. The summed E-state index contributed by atoms with van der Waals surface area (Å²) in [7, 11) is 0. The van der Waals surface area contributed by atoms with Gasteiger partial charge in [-0.2, -0.15) is 0 Å². The molecule has 3 aromatic carbocycles. The lowest BCUT2D eigenvalue weighted by molar-refractivity contribution is 0.0665. The van der Waals surface area contributed by atoms with Crippen molar-refractivity contribution in [2.45, 2.75) is 13.0 Å². The Morgan fingerprint density at radius 1 is 0.893 bits per heavy atom. The van der Waals surface area contributed by atoms with E-state index in [1.54, 1.807) is 30.3 Å². The predicted octanol–water partition coefficient (Wildman–Crippen LogP) is 5.02. The van der Waals surface area contributed by atoms with Crippen molar-refractivity contribution >= 4 is 11.6 Å². The van der Waals surface area contributed by atoms with Crippen molar-refractivity contribution in [1.82, 2.24) is 10.4 Å². The van der Waals surface area contributed by atoms with Crippen LogP contribution in [0.25, 0.3) is 5.70 Å². The second kappa shape index (κ2) is 7.27. The van der Waals surface area contributed by atoms with Crippen LogP contribution in [-0.4, -0.2) is 10.9 Å². The van der Waals surface area contributed by atoms with Crippen LogP contribution in [0.2, 0.25) is 0 Å². The summed E-state index contributed by atoms with van der Waals surface area (Å²) in [5.41, 5.74) is 5.93. The molecule has 5 heteroatoms. The van der Waals surface area contributed by atoms with Gasteiger partial charge in [0.2, 0.25) is 0 Å². The lowest BCUT2D eigenvalue weighted by atomic mass is 10.0. The monoisotopic (exact) mass is 376 g/mol. The van der Waals surface area contributed by atoms with Crippen LogP contribution in [0.3, 0.4) is 0 Å². The fourth-order valence-corrected chi connectivity index (χ4v) is 3.25. The minimum absolute atomic E-state index is 0.0742. The number of amides is 1. The maximum atomic E-state index is 14.5. The number of carbonyl (C=O) groups is 1. The van der Waals surface area contributed by atoms with Crippen molar-refractivity contribution < 1.29 is 13.6 Å². The van der Waals surface area contributed by atoms with Gasteiger partial charge in [0.05, 0.1) is 11.3 Å². The second-order valence-electron chi connectivity index (χ2n) is 6.68. The molecule has 28 heavy (non-hydrogen) atoms. The SMILES string of the molecule is Cc1ccc(C2=CC(c3ccccc3F)N(C(=O)c3ccccc3F)N2)cc1. The van der Waals surface area contributed by atoms with Crippen molar-refractivity contribution in [3.05, 3.63) is 113 Å². The van der Waals surface area contributed by atoms with E-state index in [4.69, 9.17) is 0 Å². The first-order chi connectivity index (χ1) is 13.5. The molecule has 1 unspecified atom stereocenters. The van der Waals surface area contributed by atoms with Crippen LogP contribution in [-0.2, 0) is 0 Å². The molecule has 0 aliphatic carbocycles. The maximum absolute atomic E-state index is 14.5. The van der Waals surface area contributed by atoms with E-state index in [1.807, 2.05) is 31.2 Å². The number of nitrogens with zero attached hydrogens (tertiary/aromatic N) is 1. The van der Waals surface area contributed by atoms with Gasteiger partial charge >= 0.3 is 0 Å². The van der Waals surface area contributed by atoms with Gasteiger partial charge in [0.15, 0.2) is 0 Å². The molecule has 0 aromatic heterocycles. The van der Waals surface area contributed by atoms with Crippen molar-refractivity contribution in [3.63, 3.8) is 0 Å². The summed E-state index contributed by atoms with van der Waals surface area (Å²) in [5.74, 6) is -1.61. The zero-order valence-corrected chi connectivity index (χ0v) is 15.2.